The molecule has 1 saturated carbocycles. The molecule has 0 aromatic carbocycles. The smallest absolute Gasteiger partial charge is 0.354 e. The zero-order valence-corrected chi connectivity index (χ0v) is 10.4. The van der Waals surface area contributed by atoms with Gasteiger partial charge in [0.25, 0.3) is 5.91 Å². The maximum Gasteiger partial charge on any atom is 0.354 e. The van der Waals surface area contributed by atoms with Gasteiger partial charge in [-0.3, -0.25) is 9.69 Å². The molecule has 1 aromatic rings. The van der Waals surface area contributed by atoms with E-state index in [0.717, 1.165) is 19.5 Å². The number of carbonyl (C=O) groups excluding carboxylic acids is 1. The summed E-state index contributed by atoms with van der Waals surface area (Å²) >= 11 is 0. The number of nitrogens with zero attached hydrogens (tertiary/aromatic N) is 2. The molecular formula is C12H16N4O3. The largest absolute Gasteiger partial charge is 0.477 e. The molecule has 1 aliphatic heterocycles. The number of likely N-dealkylation sites (tertiary alicyclic amines) is 1. The van der Waals surface area contributed by atoms with Crippen LogP contribution in [0.4, 0.5) is 0 Å². The fourth-order valence-corrected chi connectivity index (χ4v) is 2.56. The van der Waals surface area contributed by atoms with Crippen molar-refractivity contribution in [1.29, 1.82) is 0 Å². The van der Waals surface area contributed by atoms with Crippen LogP contribution in [0.25, 0.3) is 0 Å². The minimum atomic E-state index is -1.17. The van der Waals surface area contributed by atoms with Crippen LogP contribution in [-0.4, -0.2) is 57.0 Å². The SMILES string of the molecule is O=C(NC1CCN(C2CC2)C1)c1nc[nH]c1C(=O)O. The van der Waals surface area contributed by atoms with E-state index >= 15 is 0 Å². The monoisotopic (exact) mass is 264 g/mol. The fourth-order valence-electron chi connectivity index (χ4n) is 2.56. The Morgan fingerprint density at radius 1 is 1.42 bits per heavy atom. The van der Waals surface area contributed by atoms with Crippen LogP contribution in [-0.2, 0) is 0 Å². The van der Waals surface area contributed by atoms with Crippen molar-refractivity contribution in [2.75, 3.05) is 13.1 Å². The average Bonchev–Trinajstić information content (AvgIpc) is 2.92. The van der Waals surface area contributed by atoms with Crippen LogP contribution >= 0.6 is 0 Å². The van der Waals surface area contributed by atoms with Crippen LogP contribution in [0, 0.1) is 0 Å². The Hall–Kier alpha value is -1.89. The van der Waals surface area contributed by atoms with Gasteiger partial charge >= 0.3 is 5.97 Å². The Kier molecular flexibility index (Phi) is 2.98. The summed E-state index contributed by atoms with van der Waals surface area (Å²) in [6.45, 7) is 1.85. The number of imidazole rings is 1. The van der Waals surface area contributed by atoms with E-state index in [1.54, 1.807) is 0 Å². The normalized spacial score (nSPS) is 23.5. The first-order valence-electron chi connectivity index (χ1n) is 6.46. The molecule has 1 aliphatic carbocycles. The Bertz CT molecular complexity index is 509. The number of amides is 1. The average molecular weight is 264 g/mol. The zero-order valence-electron chi connectivity index (χ0n) is 10.4. The van der Waals surface area contributed by atoms with Gasteiger partial charge in [-0.1, -0.05) is 0 Å². The molecule has 102 valence electrons. The highest BCUT2D eigenvalue weighted by Crippen LogP contribution is 2.29. The van der Waals surface area contributed by atoms with Crippen molar-refractivity contribution in [3.63, 3.8) is 0 Å². The molecule has 1 atom stereocenters. The topological polar surface area (TPSA) is 98.3 Å². The lowest BCUT2D eigenvalue weighted by atomic mass is 10.2. The second-order valence-corrected chi connectivity index (χ2v) is 5.12. The molecule has 1 amide bonds. The molecule has 7 heteroatoms. The van der Waals surface area contributed by atoms with Crippen LogP contribution in [0.1, 0.15) is 40.2 Å². The summed E-state index contributed by atoms with van der Waals surface area (Å²) in [6, 6.07) is 0.785. The molecule has 0 bridgehead atoms. The van der Waals surface area contributed by atoms with Gasteiger partial charge in [-0.2, -0.15) is 0 Å². The standard InChI is InChI=1S/C12H16N4O3/c17-11(9-10(12(18)19)14-6-13-9)15-7-3-4-16(5-7)8-1-2-8/h6-8H,1-5H2,(H,13,14)(H,15,17)(H,18,19). The van der Waals surface area contributed by atoms with Crippen molar-refractivity contribution in [2.24, 2.45) is 0 Å². The van der Waals surface area contributed by atoms with Crippen LogP contribution in [0.2, 0.25) is 0 Å². The number of rotatable bonds is 4. The second-order valence-electron chi connectivity index (χ2n) is 5.12. The van der Waals surface area contributed by atoms with Gasteiger partial charge in [0.15, 0.2) is 11.4 Å². The van der Waals surface area contributed by atoms with Crippen molar-refractivity contribution < 1.29 is 14.7 Å². The molecule has 2 heterocycles. The van der Waals surface area contributed by atoms with Crippen molar-refractivity contribution in [3.8, 4) is 0 Å². The van der Waals surface area contributed by atoms with E-state index in [9.17, 15) is 9.59 Å². The van der Waals surface area contributed by atoms with Crippen molar-refractivity contribution in [3.05, 3.63) is 17.7 Å². The summed E-state index contributed by atoms with van der Waals surface area (Å²) in [5.74, 6) is -1.59. The van der Waals surface area contributed by atoms with Gasteiger partial charge in [0.1, 0.15) is 0 Å². The molecular weight excluding hydrogens is 248 g/mol. The lowest BCUT2D eigenvalue weighted by molar-refractivity contribution is 0.0684. The summed E-state index contributed by atoms with van der Waals surface area (Å²) < 4.78 is 0. The molecule has 2 fully saturated rings. The lowest BCUT2D eigenvalue weighted by Crippen LogP contribution is -2.38. The molecule has 1 aromatic heterocycles. The van der Waals surface area contributed by atoms with Gasteiger partial charge in [0.05, 0.1) is 6.33 Å². The van der Waals surface area contributed by atoms with Gasteiger partial charge < -0.3 is 15.4 Å². The molecule has 19 heavy (non-hydrogen) atoms. The second kappa shape index (κ2) is 4.65. The van der Waals surface area contributed by atoms with Crippen LogP contribution in [0.3, 0.4) is 0 Å². The van der Waals surface area contributed by atoms with Crippen molar-refractivity contribution >= 4 is 11.9 Å². The third kappa shape index (κ3) is 2.46. The first kappa shape index (κ1) is 12.2. The van der Waals surface area contributed by atoms with Gasteiger partial charge in [0, 0.05) is 25.2 Å². The number of carboxylic acid groups (broad SMARTS) is 1. The number of nitrogens with one attached hydrogen (secondary N) is 2. The summed E-state index contributed by atoms with van der Waals surface area (Å²) in [4.78, 5) is 31.6. The minimum absolute atomic E-state index is 0.0441. The molecule has 2 aliphatic rings. The summed E-state index contributed by atoms with van der Waals surface area (Å²) in [6.07, 6.45) is 4.64. The quantitative estimate of drug-likeness (QED) is 0.715. The molecule has 3 N–H and O–H groups in total. The van der Waals surface area contributed by atoms with E-state index in [2.05, 4.69) is 20.2 Å². The molecule has 0 radical (unpaired) electrons. The number of carbonyl (C=O) groups is 2. The highest BCUT2D eigenvalue weighted by atomic mass is 16.4. The molecule has 0 spiro atoms. The van der Waals surface area contributed by atoms with Gasteiger partial charge in [-0.05, 0) is 19.3 Å². The third-order valence-electron chi connectivity index (χ3n) is 3.69. The predicted molar refractivity (Wildman–Crippen MR) is 66.0 cm³/mol. The molecule has 3 rings (SSSR count). The molecule has 1 unspecified atom stereocenters. The van der Waals surface area contributed by atoms with E-state index in [4.69, 9.17) is 5.11 Å². The number of aromatic carboxylic acids is 1. The summed E-state index contributed by atoms with van der Waals surface area (Å²) in [5, 5.41) is 11.8. The summed E-state index contributed by atoms with van der Waals surface area (Å²) in [5.41, 5.74) is -0.202. The van der Waals surface area contributed by atoms with Crippen molar-refractivity contribution in [1.82, 2.24) is 20.2 Å². The third-order valence-corrected chi connectivity index (χ3v) is 3.69. The highest BCUT2D eigenvalue weighted by molar-refractivity contribution is 6.02. The Labute approximate surface area is 110 Å². The van der Waals surface area contributed by atoms with Crippen LogP contribution < -0.4 is 5.32 Å². The first-order valence-corrected chi connectivity index (χ1v) is 6.46. The number of aromatic nitrogens is 2. The lowest BCUT2D eigenvalue weighted by Gasteiger charge is -2.15. The number of aromatic amines is 1. The minimum Gasteiger partial charge on any atom is -0.477 e. The van der Waals surface area contributed by atoms with Gasteiger partial charge in [0.2, 0.25) is 0 Å². The van der Waals surface area contributed by atoms with E-state index in [1.165, 1.54) is 19.2 Å². The Balaban J connectivity index is 1.62. The number of hydrogen-bond donors (Lipinski definition) is 3. The van der Waals surface area contributed by atoms with Gasteiger partial charge in [-0.15, -0.1) is 0 Å². The number of H-pyrrole nitrogens is 1. The van der Waals surface area contributed by atoms with Crippen LogP contribution in [0.15, 0.2) is 6.33 Å². The van der Waals surface area contributed by atoms with Crippen molar-refractivity contribution in [2.45, 2.75) is 31.3 Å². The summed E-state index contributed by atoms with van der Waals surface area (Å²) in [7, 11) is 0. The number of hydrogen-bond acceptors (Lipinski definition) is 4. The Morgan fingerprint density at radius 2 is 2.21 bits per heavy atom. The van der Waals surface area contributed by atoms with E-state index < -0.39 is 11.9 Å². The maximum atomic E-state index is 12.0. The Morgan fingerprint density at radius 3 is 2.89 bits per heavy atom. The number of carboxylic acids is 1. The maximum absolute atomic E-state index is 12.0. The van der Waals surface area contributed by atoms with E-state index in [-0.39, 0.29) is 17.4 Å². The molecule has 1 saturated heterocycles. The van der Waals surface area contributed by atoms with Crippen LogP contribution in [0.5, 0.6) is 0 Å². The highest BCUT2D eigenvalue weighted by Gasteiger charge is 2.35. The van der Waals surface area contributed by atoms with E-state index in [1.807, 2.05) is 0 Å². The van der Waals surface area contributed by atoms with E-state index in [0.29, 0.717) is 6.04 Å². The molecule has 7 nitrogen and oxygen atoms in total. The van der Waals surface area contributed by atoms with Gasteiger partial charge in [-0.25, -0.2) is 9.78 Å². The zero-order chi connectivity index (χ0) is 13.4. The predicted octanol–water partition coefficient (Wildman–Crippen LogP) is 0.0744. The first-order chi connectivity index (χ1) is 9.15. The fraction of sp³-hybridized carbons (Fsp3) is 0.583.